The molecule has 1 aliphatic rings. The summed E-state index contributed by atoms with van der Waals surface area (Å²) in [6.45, 7) is 3.98. The van der Waals surface area contributed by atoms with Crippen molar-refractivity contribution in [2.45, 2.75) is 32.7 Å². The van der Waals surface area contributed by atoms with Crippen molar-refractivity contribution < 1.29 is 14.0 Å². The van der Waals surface area contributed by atoms with Gasteiger partial charge in [-0.15, -0.1) is 0 Å². The van der Waals surface area contributed by atoms with Crippen LogP contribution in [0.1, 0.15) is 41.8 Å². The fourth-order valence-corrected chi connectivity index (χ4v) is 3.61. The zero-order valence-electron chi connectivity index (χ0n) is 16.7. The van der Waals surface area contributed by atoms with Gasteiger partial charge in [0.1, 0.15) is 17.2 Å². The van der Waals surface area contributed by atoms with E-state index < -0.39 is 0 Å². The fraction of sp³-hybridized carbons (Fsp3) is 0.261. The fourth-order valence-electron chi connectivity index (χ4n) is 3.61. The molecule has 0 spiro atoms. The van der Waals surface area contributed by atoms with Crippen LogP contribution >= 0.6 is 0 Å². The maximum atomic E-state index is 12.7. The number of carbonyl (C=O) groups excluding carboxylic acids is 2. The third-order valence-corrected chi connectivity index (χ3v) is 5.47. The maximum Gasteiger partial charge on any atom is 0.246 e. The van der Waals surface area contributed by atoms with Gasteiger partial charge in [-0.3, -0.25) is 9.59 Å². The number of hydrogen-bond acceptors (Lipinski definition) is 4. The van der Waals surface area contributed by atoms with Crippen LogP contribution in [-0.2, 0) is 16.0 Å². The topological polar surface area (TPSA) is 75.4 Å². The Labute approximate surface area is 169 Å². The van der Waals surface area contributed by atoms with Crippen molar-refractivity contribution in [2.24, 2.45) is 0 Å². The first-order chi connectivity index (χ1) is 13.9. The highest BCUT2D eigenvalue weighted by atomic mass is 16.3. The van der Waals surface area contributed by atoms with E-state index in [9.17, 15) is 9.59 Å². The molecule has 0 radical (unpaired) electrons. The van der Waals surface area contributed by atoms with Gasteiger partial charge in [0.25, 0.3) is 0 Å². The Balaban J connectivity index is 1.50. The third kappa shape index (κ3) is 3.66. The Bertz CT molecular complexity index is 1130. The molecule has 3 heterocycles. The van der Waals surface area contributed by atoms with Crippen molar-refractivity contribution in [1.82, 2.24) is 9.88 Å². The summed E-state index contributed by atoms with van der Waals surface area (Å²) in [6.07, 6.45) is 6.06. The molecule has 0 unspecified atom stereocenters. The third-order valence-electron chi connectivity index (χ3n) is 5.47. The number of amides is 2. The number of likely N-dealkylation sites (N-methyl/N-ethyl adjacent to an activating group) is 1. The normalized spacial score (nSPS) is 14.7. The number of anilines is 1. The maximum absolute atomic E-state index is 12.7. The minimum atomic E-state index is -0.198. The van der Waals surface area contributed by atoms with E-state index in [0.717, 1.165) is 33.4 Å². The molecule has 0 saturated carbocycles. The molecule has 1 aromatic carbocycles. The molecule has 0 aliphatic carbocycles. The van der Waals surface area contributed by atoms with Crippen LogP contribution in [0.5, 0.6) is 0 Å². The van der Waals surface area contributed by atoms with Crippen LogP contribution in [0.25, 0.3) is 17.0 Å². The van der Waals surface area contributed by atoms with Gasteiger partial charge >= 0.3 is 0 Å². The molecule has 3 aromatic rings. The molecule has 0 saturated heterocycles. The number of nitrogens with zero attached hydrogens (tertiary/aromatic N) is 2. The average molecular weight is 389 g/mol. The summed E-state index contributed by atoms with van der Waals surface area (Å²) >= 11 is 0. The molecule has 4 rings (SSSR count). The molecule has 0 fully saturated rings. The van der Waals surface area contributed by atoms with Gasteiger partial charge in [-0.05, 0) is 49.6 Å². The van der Waals surface area contributed by atoms with Gasteiger partial charge in [0.05, 0.1) is 6.04 Å². The molecule has 29 heavy (non-hydrogen) atoms. The number of para-hydroxylation sites is 1. The van der Waals surface area contributed by atoms with Crippen molar-refractivity contribution in [3.8, 4) is 0 Å². The minimum Gasteiger partial charge on any atom is -0.459 e. The number of furan rings is 1. The molecule has 2 amide bonds. The molecular formula is C23H23N3O3. The monoisotopic (exact) mass is 389 g/mol. The second-order valence-electron chi connectivity index (χ2n) is 7.37. The first kappa shape index (κ1) is 18.9. The van der Waals surface area contributed by atoms with Gasteiger partial charge in [-0.1, -0.05) is 18.2 Å². The number of benzene rings is 1. The summed E-state index contributed by atoms with van der Waals surface area (Å²) in [6, 6.07) is 9.64. The molecule has 1 aliphatic heterocycles. The zero-order valence-corrected chi connectivity index (χ0v) is 16.7. The van der Waals surface area contributed by atoms with Crippen molar-refractivity contribution in [3.05, 3.63) is 65.1 Å². The number of hydrogen-bond donors (Lipinski definition) is 1. The number of carbonyl (C=O) groups is 2. The number of aromatic nitrogens is 1. The molecule has 148 valence electrons. The van der Waals surface area contributed by atoms with E-state index in [1.54, 1.807) is 30.3 Å². The highest BCUT2D eigenvalue weighted by Crippen LogP contribution is 2.31. The predicted molar refractivity (Wildman–Crippen MR) is 112 cm³/mol. The number of fused-ring (bicyclic) bond motifs is 2. The van der Waals surface area contributed by atoms with Crippen molar-refractivity contribution in [3.63, 3.8) is 0 Å². The lowest BCUT2D eigenvalue weighted by molar-refractivity contribution is -0.126. The smallest absolute Gasteiger partial charge is 0.246 e. The van der Waals surface area contributed by atoms with Crippen molar-refractivity contribution >= 4 is 34.7 Å². The van der Waals surface area contributed by atoms with Crippen LogP contribution < -0.4 is 5.32 Å². The lowest BCUT2D eigenvalue weighted by atomic mass is 10.0. The molecule has 2 aromatic heterocycles. The summed E-state index contributed by atoms with van der Waals surface area (Å²) in [7, 11) is 1.77. The van der Waals surface area contributed by atoms with E-state index in [0.29, 0.717) is 18.7 Å². The highest BCUT2D eigenvalue weighted by molar-refractivity contribution is 5.94. The van der Waals surface area contributed by atoms with Crippen molar-refractivity contribution in [2.75, 3.05) is 12.4 Å². The average Bonchev–Trinajstić information content (AvgIpc) is 3.07. The highest BCUT2D eigenvalue weighted by Gasteiger charge is 2.22. The second-order valence-corrected chi connectivity index (χ2v) is 7.37. The largest absolute Gasteiger partial charge is 0.459 e. The Kier molecular flexibility index (Phi) is 4.92. The molecular weight excluding hydrogens is 366 g/mol. The molecule has 1 N–H and O–H groups in total. The van der Waals surface area contributed by atoms with E-state index >= 15 is 0 Å². The van der Waals surface area contributed by atoms with E-state index in [2.05, 4.69) is 10.3 Å². The number of pyridine rings is 1. The summed E-state index contributed by atoms with van der Waals surface area (Å²) in [5.74, 6) is 1.26. The number of rotatable bonds is 4. The first-order valence-electron chi connectivity index (χ1n) is 9.65. The quantitative estimate of drug-likeness (QED) is 0.677. The van der Waals surface area contributed by atoms with Gasteiger partial charge in [-0.2, -0.15) is 0 Å². The first-order valence-corrected chi connectivity index (χ1v) is 9.65. The summed E-state index contributed by atoms with van der Waals surface area (Å²) in [4.78, 5) is 30.1. The lowest BCUT2D eigenvalue weighted by Gasteiger charge is -2.22. The van der Waals surface area contributed by atoms with Gasteiger partial charge in [0.2, 0.25) is 11.8 Å². The van der Waals surface area contributed by atoms with Gasteiger partial charge in [0, 0.05) is 36.7 Å². The predicted octanol–water partition coefficient (Wildman–Crippen LogP) is 4.25. The summed E-state index contributed by atoms with van der Waals surface area (Å²) < 4.78 is 6.00. The van der Waals surface area contributed by atoms with Crippen LogP contribution in [0.3, 0.4) is 0 Å². The van der Waals surface area contributed by atoms with Crippen molar-refractivity contribution in [1.29, 1.82) is 0 Å². The standard InChI is InChI=1S/C23H23N3O3/c1-14-18-6-4-5-7-19(18)29-22(14)15(2)26(3)21(28)11-8-16-12-17-9-10-20(27)25-23(17)24-13-16/h4-8,11-13,15H,9-10H2,1-3H3,(H,24,25,27)/t15-/m1/s1. The minimum absolute atomic E-state index is 0.0139. The van der Waals surface area contributed by atoms with E-state index in [4.69, 9.17) is 4.42 Å². The van der Waals surface area contributed by atoms with E-state index in [-0.39, 0.29) is 17.9 Å². The Morgan fingerprint density at radius 2 is 2.10 bits per heavy atom. The number of aryl methyl sites for hydroxylation is 2. The summed E-state index contributed by atoms with van der Waals surface area (Å²) in [5, 5.41) is 3.83. The summed E-state index contributed by atoms with van der Waals surface area (Å²) in [5.41, 5.74) is 3.70. The van der Waals surface area contributed by atoms with Crippen LogP contribution in [0.4, 0.5) is 5.82 Å². The molecule has 6 nitrogen and oxygen atoms in total. The van der Waals surface area contributed by atoms with Crippen LogP contribution in [-0.4, -0.2) is 28.7 Å². The van der Waals surface area contributed by atoms with Gasteiger partial charge in [0.15, 0.2) is 0 Å². The van der Waals surface area contributed by atoms with Crippen LogP contribution in [0.15, 0.2) is 47.0 Å². The molecule has 6 heteroatoms. The van der Waals surface area contributed by atoms with Gasteiger partial charge in [-0.25, -0.2) is 4.98 Å². The zero-order chi connectivity index (χ0) is 20.5. The second kappa shape index (κ2) is 7.54. The molecule has 1 atom stereocenters. The Morgan fingerprint density at radius 3 is 2.90 bits per heavy atom. The van der Waals surface area contributed by atoms with Crippen LogP contribution in [0, 0.1) is 6.92 Å². The van der Waals surface area contributed by atoms with Gasteiger partial charge < -0.3 is 14.6 Å². The SMILES string of the molecule is Cc1c([C@@H](C)N(C)C(=O)C=Cc2cnc3c(c2)CCC(=O)N3)oc2ccccc12. The van der Waals surface area contributed by atoms with E-state index in [1.807, 2.05) is 44.2 Å². The lowest BCUT2D eigenvalue weighted by Crippen LogP contribution is -2.28. The Morgan fingerprint density at radius 1 is 1.31 bits per heavy atom. The number of nitrogens with one attached hydrogen (secondary N) is 1. The Hall–Kier alpha value is -3.41. The van der Waals surface area contributed by atoms with Crippen LogP contribution in [0.2, 0.25) is 0 Å². The molecule has 0 bridgehead atoms. The van der Waals surface area contributed by atoms with E-state index in [1.165, 1.54) is 0 Å².